The first-order valence-corrected chi connectivity index (χ1v) is 9.65. The van der Waals surface area contributed by atoms with Crippen LogP contribution in [0.1, 0.15) is 16.3 Å². The lowest BCUT2D eigenvalue weighted by Gasteiger charge is -2.25. The van der Waals surface area contributed by atoms with Gasteiger partial charge < -0.3 is 18.8 Å². The van der Waals surface area contributed by atoms with Crippen molar-refractivity contribution in [2.75, 3.05) is 31.7 Å². The Morgan fingerprint density at radius 3 is 2.48 bits per heavy atom. The molecule has 1 aromatic carbocycles. The summed E-state index contributed by atoms with van der Waals surface area (Å²) in [5.74, 6) is 1.54. The van der Waals surface area contributed by atoms with Gasteiger partial charge in [0.1, 0.15) is 12.4 Å². The zero-order valence-electron chi connectivity index (χ0n) is 13.8. The molecule has 0 saturated carbocycles. The van der Waals surface area contributed by atoms with E-state index in [4.69, 9.17) is 13.9 Å². The monoisotopic (exact) mass is 365 g/mol. The third kappa shape index (κ3) is 4.14. The Bertz CT molecular complexity index is 844. The molecule has 1 fully saturated rings. The Balaban J connectivity index is 1.61. The second-order valence-electron chi connectivity index (χ2n) is 5.65. The smallest absolute Gasteiger partial charge is 0.289 e. The van der Waals surface area contributed by atoms with E-state index in [-0.39, 0.29) is 42.9 Å². The summed E-state index contributed by atoms with van der Waals surface area (Å²) in [4.78, 5) is 13.9. The van der Waals surface area contributed by atoms with Crippen LogP contribution in [0.25, 0.3) is 0 Å². The summed E-state index contributed by atoms with van der Waals surface area (Å²) in [6.45, 7) is 0.534. The van der Waals surface area contributed by atoms with Gasteiger partial charge in [-0.05, 0) is 24.3 Å². The number of benzene rings is 1. The normalized spacial score (nSPS) is 16.4. The molecule has 2 aromatic rings. The third-order valence-corrected chi connectivity index (χ3v) is 5.55. The highest BCUT2D eigenvalue weighted by molar-refractivity contribution is 7.91. The van der Waals surface area contributed by atoms with E-state index >= 15 is 0 Å². The van der Waals surface area contributed by atoms with Crippen LogP contribution >= 0.6 is 0 Å². The Morgan fingerprint density at radius 2 is 1.80 bits per heavy atom. The lowest BCUT2D eigenvalue weighted by Crippen LogP contribution is -2.43. The summed E-state index contributed by atoms with van der Waals surface area (Å²) >= 11 is 0. The van der Waals surface area contributed by atoms with Gasteiger partial charge in [0.25, 0.3) is 5.91 Å². The van der Waals surface area contributed by atoms with Crippen LogP contribution in [0.3, 0.4) is 0 Å². The van der Waals surface area contributed by atoms with Gasteiger partial charge in [0.2, 0.25) is 0 Å². The number of methoxy groups -OCH3 is 1. The van der Waals surface area contributed by atoms with E-state index in [1.807, 2.05) is 12.1 Å². The van der Waals surface area contributed by atoms with E-state index in [1.54, 1.807) is 31.4 Å². The molecule has 0 unspecified atom stereocenters. The molecule has 1 aliphatic heterocycles. The van der Waals surface area contributed by atoms with Gasteiger partial charge in [-0.1, -0.05) is 12.1 Å². The molecule has 1 saturated heterocycles. The summed E-state index contributed by atoms with van der Waals surface area (Å²) in [7, 11) is -1.47. The minimum absolute atomic E-state index is 0.0107. The number of carbonyl (C=O) groups is 1. The molecule has 3 rings (SSSR count). The highest BCUT2D eigenvalue weighted by Crippen LogP contribution is 2.27. The van der Waals surface area contributed by atoms with Crippen LogP contribution in [-0.2, 0) is 16.4 Å². The van der Waals surface area contributed by atoms with E-state index in [1.165, 1.54) is 4.90 Å². The molecule has 0 atom stereocenters. The van der Waals surface area contributed by atoms with Crippen LogP contribution in [0, 0.1) is 0 Å². The maximum atomic E-state index is 12.4. The predicted octanol–water partition coefficient (Wildman–Crippen LogP) is 1.74. The molecule has 0 bridgehead atoms. The number of carbonyl (C=O) groups excluding carboxylic acids is 1. The second-order valence-corrected chi connectivity index (χ2v) is 7.95. The van der Waals surface area contributed by atoms with Crippen molar-refractivity contribution in [1.29, 1.82) is 0 Å². The first-order valence-electron chi connectivity index (χ1n) is 7.83. The topological polar surface area (TPSA) is 86.0 Å². The molecule has 8 heteroatoms. The molecule has 134 valence electrons. The SMILES string of the molecule is COc1ccccc1OCc1ccc(C(=O)N2CCS(=O)(=O)CC2)o1. The number of furan rings is 1. The number of hydrogen-bond donors (Lipinski definition) is 0. The molecule has 1 aromatic heterocycles. The molecule has 0 spiro atoms. The highest BCUT2D eigenvalue weighted by Gasteiger charge is 2.27. The fourth-order valence-electron chi connectivity index (χ4n) is 2.53. The van der Waals surface area contributed by atoms with Crippen LogP contribution in [0.5, 0.6) is 11.5 Å². The average Bonchev–Trinajstić information content (AvgIpc) is 3.08. The van der Waals surface area contributed by atoms with Gasteiger partial charge in [0.15, 0.2) is 27.1 Å². The summed E-state index contributed by atoms with van der Waals surface area (Å²) in [6, 6.07) is 10.5. The zero-order chi connectivity index (χ0) is 17.9. The van der Waals surface area contributed by atoms with Crippen molar-refractivity contribution in [2.45, 2.75) is 6.61 Å². The van der Waals surface area contributed by atoms with Gasteiger partial charge in [-0.3, -0.25) is 4.79 Å². The van der Waals surface area contributed by atoms with Crippen molar-refractivity contribution >= 4 is 15.7 Å². The van der Waals surface area contributed by atoms with Gasteiger partial charge >= 0.3 is 0 Å². The number of rotatable bonds is 5. The fourth-order valence-corrected chi connectivity index (χ4v) is 3.73. The van der Waals surface area contributed by atoms with Crippen molar-refractivity contribution in [1.82, 2.24) is 4.90 Å². The van der Waals surface area contributed by atoms with Crippen LogP contribution < -0.4 is 9.47 Å². The van der Waals surface area contributed by atoms with Gasteiger partial charge in [0, 0.05) is 13.1 Å². The molecule has 7 nitrogen and oxygen atoms in total. The van der Waals surface area contributed by atoms with Crippen molar-refractivity contribution in [3.05, 3.63) is 47.9 Å². The Morgan fingerprint density at radius 1 is 1.12 bits per heavy atom. The lowest BCUT2D eigenvalue weighted by molar-refractivity contribution is 0.0734. The standard InChI is InChI=1S/C17H19NO6S/c1-22-14-4-2-3-5-15(14)23-12-13-6-7-16(24-13)17(19)18-8-10-25(20,21)11-9-18/h2-7H,8-12H2,1H3. The Labute approximate surface area is 146 Å². The molecule has 25 heavy (non-hydrogen) atoms. The Kier molecular flexibility index (Phi) is 4.98. The van der Waals surface area contributed by atoms with Crippen LogP contribution in [0.4, 0.5) is 0 Å². The van der Waals surface area contributed by atoms with Gasteiger partial charge in [-0.15, -0.1) is 0 Å². The zero-order valence-corrected chi connectivity index (χ0v) is 14.6. The summed E-state index contributed by atoms with van der Waals surface area (Å²) in [6.07, 6.45) is 0. The number of sulfone groups is 1. The quantitative estimate of drug-likeness (QED) is 0.802. The number of ether oxygens (including phenoxy) is 2. The van der Waals surface area contributed by atoms with Gasteiger partial charge in [-0.2, -0.15) is 0 Å². The van der Waals surface area contributed by atoms with E-state index in [0.717, 1.165) is 0 Å². The fraction of sp³-hybridized carbons (Fsp3) is 0.353. The molecular weight excluding hydrogens is 346 g/mol. The second kappa shape index (κ2) is 7.18. The molecular formula is C17H19NO6S. The van der Waals surface area contributed by atoms with E-state index in [2.05, 4.69) is 0 Å². The molecule has 1 aliphatic rings. The minimum atomic E-state index is -3.03. The van der Waals surface area contributed by atoms with Gasteiger partial charge in [0.05, 0.1) is 18.6 Å². The summed E-state index contributed by atoms with van der Waals surface area (Å²) in [5.41, 5.74) is 0. The lowest BCUT2D eigenvalue weighted by atomic mass is 10.3. The number of para-hydroxylation sites is 2. The van der Waals surface area contributed by atoms with E-state index < -0.39 is 9.84 Å². The largest absolute Gasteiger partial charge is 0.493 e. The number of amides is 1. The maximum Gasteiger partial charge on any atom is 0.289 e. The Hall–Kier alpha value is -2.48. The minimum Gasteiger partial charge on any atom is -0.493 e. The summed E-state index contributed by atoms with van der Waals surface area (Å²) in [5, 5.41) is 0. The first-order chi connectivity index (χ1) is 12.0. The molecule has 0 N–H and O–H groups in total. The van der Waals surface area contributed by atoms with E-state index in [9.17, 15) is 13.2 Å². The summed E-state index contributed by atoms with van der Waals surface area (Å²) < 4.78 is 39.3. The third-order valence-electron chi connectivity index (χ3n) is 3.94. The molecule has 1 amide bonds. The van der Waals surface area contributed by atoms with Crippen molar-refractivity contribution < 1.29 is 27.1 Å². The van der Waals surface area contributed by atoms with E-state index in [0.29, 0.717) is 17.3 Å². The van der Waals surface area contributed by atoms with Crippen LogP contribution in [0.15, 0.2) is 40.8 Å². The first kappa shape index (κ1) is 17.3. The number of hydrogen-bond acceptors (Lipinski definition) is 6. The van der Waals surface area contributed by atoms with Crippen LogP contribution in [0.2, 0.25) is 0 Å². The highest BCUT2D eigenvalue weighted by atomic mass is 32.2. The average molecular weight is 365 g/mol. The predicted molar refractivity (Wildman–Crippen MR) is 90.6 cm³/mol. The van der Waals surface area contributed by atoms with Crippen molar-refractivity contribution in [3.8, 4) is 11.5 Å². The van der Waals surface area contributed by atoms with Crippen molar-refractivity contribution in [3.63, 3.8) is 0 Å². The van der Waals surface area contributed by atoms with Gasteiger partial charge in [-0.25, -0.2) is 8.42 Å². The maximum absolute atomic E-state index is 12.4. The molecule has 0 aliphatic carbocycles. The number of nitrogens with zero attached hydrogens (tertiary/aromatic N) is 1. The van der Waals surface area contributed by atoms with Crippen LogP contribution in [-0.4, -0.2) is 50.9 Å². The molecule has 0 radical (unpaired) electrons. The van der Waals surface area contributed by atoms with Crippen molar-refractivity contribution in [2.24, 2.45) is 0 Å². The molecule has 2 heterocycles.